The van der Waals surface area contributed by atoms with Crippen molar-refractivity contribution in [2.45, 2.75) is 12.8 Å². The van der Waals surface area contributed by atoms with Crippen molar-refractivity contribution < 1.29 is 4.79 Å². The van der Waals surface area contributed by atoms with Gasteiger partial charge in [-0.2, -0.15) is 5.26 Å². The fourth-order valence-corrected chi connectivity index (χ4v) is 3.44. The SMILES string of the molecule is CNC(=O)CN1CCC(CN(C)c2nc3ccccn3c2C#N)CC1. The predicted octanol–water partition coefficient (Wildman–Crippen LogP) is 1.10. The molecule has 0 atom stereocenters. The quantitative estimate of drug-likeness (QED) is 0.882. The summed E-state index contributed by atoms with van der Waals surface area (Å²) in [6.07, 6.45) is 3.97. The van der Waals surface area contributed by atoms with Gasteiger partial charge in [-0.1, -0.05) is 6.07 Å². The molecule has 7 nitrogen and oxygen atoms in total. The number of anilines is 1. The van der Waals surface area contributed by atoms with Crippen LogP contribution in [0, 0.1) is 17.2 Å². The lowest BCUT2D eigenvalue weighted by molar-refractivity contribution is -0.122. The second-order valence-electron chi connectivity index (χ2n) is 6.60. The minimum Gasteiger partial charge on any atom is -0.358 e. The van der Waals surface area contributed by atoms with Crippen LogP contribution in [0.3, 0.4) is 0 Å². The van der Waals surface area contributed by atoms with E-state index in [1.807, 2.05) is 35.8 Å². The van der Waals surface area contributed by atoms with Gasteiger partial charge in [-0.15, -0.1) is 0 Å². The average molecular weight is 340 g/mol. The number of pyridine rings is 1. The number of likely N-dealkylation sites (tertiary alicyclic amines) is 1. The van der Waals surface area contributed by atoms with E-state index < -0.39 is 0 Å². The van der Waals surface area contributed by atoms with Crippen molar-refractivity contribution in [2.75, 3.05) is 45.2 Å². The highest BCUT2D eigenvalue weighted by Gasteiger charge is 2.23. The maximum atomic E-state index is 11.5. The van der Waals surface area contributed by atoms with Crippen LogP contribution in [0.4, 0.5) is 5.82 Å². The van der Waals surface area contributed by atoms with Gasteiger partial charge in [0.05, 0.1) is 6.54 Å². The Morgan fingerprint density at radius 2 is 2.20 bits per heavy atom. The predicted molar refractivity (Wildman–Crippen MR) is 96.4 cm³/mol. The Morgan fingerprint density at radius 3 is 2.88 bits per heavy atom. The van der Waals surface area contributed by atoms with Crippen LogP contribution >= 0.6 is 0 Å². The van der Waals surface area contributed by atoms with Gasteiger partial charge >= 0.3 is 0 Å². The van der Waals surface area contributed by atoms with Gasteiger partial charge in [0.1, 0.15) is 11.7 Å². The van der Waals surface area contributed by atoms with Crippen LogP contribution in [-0.2, 0) is 4.79 Å². The molecule has 0 unspecified atom stereocenters. The van der Waals surface area contributed by atoms with Crippen molar-refractivity contribution in [3.05, 3.63) is 30.1 Å². The van der Waals surface area contributed by atoms with Crippen molar-refractivity contribution in [1.29, 1.82) is 5.26 Å². The number of carbonyl (C=O) groups is 1. The number of nitrogens with zero attached hydrogens (tertiary/aromatic N) is 5. The van der Waals surface area contributed by atoms with Crippen LogP contribution in [0.1, 0.15) is 18.5 Å². The number of imidazole rings is 1. The van der Waals surface area contributed by atoms with E-state index >= 15 is 0 Å². The minimum absolute atomic E-state index is 0.0685. The molecule has 1 fully saturated rings. The number of nitrogens with one attached hydrogen (secondary N) is 1. The number of likely N-dealkylation sites (N-methyl/N-ethyl adjacent to an activating group) is 1. The molecule has 0 bridgehead atoms. The summed E-state index contributed by atoms with van der Waals surface area (Å²) in [6.45, 7) is 3.21. The zero-order valence-electron chi connectivity index (χ0n) is 14.8. The Hall–Kier alpha value is -2.59. The molecule has 1 saturated heterocycles. The zero-order chi connectivity index (χ0) is 17.8. The van der Waals surface area contributed by atoms with E-state index in [4.69, 9.17) is 0 Å². The normalized spacial score (nSPS) is 15.9. The lowest BCUT2D eigenvalue weighted by Gasteiger charge is -2.33. The molecular weight excluding hydrogens is 316 g/mol. The number of amides is 1. The summed E-state index contributed by atoms with van der Waals surface area (Å²) in [5.41, 5.74) is 1.37. The lowest BCUT2D eigenvalue weighted by atomic mass is 9.96. The van der Waals surface area contributed by atoms with Crippen molar-refractivity contribution >= 4 is 17.4 Å². The van der Waals surface area contributed by atoms with E-state index in [1.165, 1.54) is 0 Å². The second-order valence-corrected chi connectivity index (χ2v) is 6.60. The summed E-state index contributed by atoms with van der Waals surface area (Å²) >= 11 is 0. The number of piperidine rings is 1. The molecule has 0 saturated carbocycles. The monoisotopic (exact) mass is 340 g/mol. The summed E-state index contributed by atoms with van der Waals surface area (Å²) in [7, 11) is 3.67. The van der Waals surface area contributed by atoms with Gasteiger partial charge in [0, 0.05) is 26.8 Å². The average Bonchev–Trinajstić information content (AvgIpc) is 3.02. The maximum absolute atomic E-state index is 11.5. The number of hydrogen-bond acceptors (Lipinski definition) is 5. The number of fused-ring (bicyclic) bond motifs is 1. The van der Waals surface area contributed by atoms with Crippen LogP contribution in [0.15, 0.2) is 24.4 Å². The van der Waals surface area contributed by atoms with Gasteiger partial charge < -0.3 is 10.2 Å². The molecule has 3 rings (SSSR count). The fourth-order valence-electron chi connectivity index (χ4n) is 3.44. The van der Waals surface area contributed by atoms with Gasteiger partial charge in [-0.05, 0) is 44.0 Å². The van der Waals surface area contributed by atoms with Crippen LogP contribution < -0.4 is 10.2 Å². The first kappa shape index (κ1) is 17.2. The topological polar surface area (TPSA) is 76.7 Å². The molecule has 1 N–H and O–H groups in total. The molecule has 0 aliphatic carbocycles. The van der Waals surface area contributed by atoms with Crippen molar-refractivity contribution in [3.8, 4) is 6.07 Å². The van der Waals surface area contributed by atoms with Gasteiger partial charge in [0.25, 0.3) is 0 Å². The molecule has 0 spiro atoms. The Morgan fingerprint density at radius 1 is 1.44 bits per heavy atom. The Labute approximate surface area is 147 Å². The van der Waals surface area contributed by atoms with Gasteiger partial charge in [-0.3, -0.25) is 14.1 Å². The molecule has 0 aromatic carbocycles. The minimum atomic E-state index is 0.0685. The highest BCUT2D eigenvalue weighted by atomic mass is 16.1. The molecule has 3 heterocycles. The van der Waals surface area contributed by atoms with E-state index in [-0.39, 0.29) is 5.91 Å². The van der Waals surface area contributed by atoms with Gasteiger partial charge in [-0.25, -0.2) is 4.98 Å². The number of aromatic nitrogens is 2. The van der Waals surface area contributed by atoms with E-state index in [2.05, 4.69) is 26.2 Å². The summed E-state index contributed by atoms with van der Waals surface area (Å²) in [5, 5.41) is 12.2. The highest BCUT2D eigenvalue weighted by molar-refractivity contribution is 5.77. The molecule has 1 aliphatic rings. The smallest absolute Gasteiger partial charge is 0.233 e. The first-order valence-corrected chi connectivity index (χ1v) is 8.63. The van der Waals surface area contributed by atoms with Crippen molar-refractivity contribution in [1.82, 2.24) is 19.6 Å². The van der Waals surface area contributed by atoms with E-state index in [9.17, 15) is 10.1 Å². The third-order valence-electron chi connectivity index (χ3n) is 4.86. The standard InChI is InChI=1S/C18H24N6O/c1-20-17(25)13-23-9-6-14(7-10-23)12-22(2)18-15(11-19)24-8-4-3-5-16(24)21-18/h3-5,8,14H,6-7,9-10,12-13H2,1-2H3,(H,20,25). The van der Waals surface area contributed by atoms with Crippen molar-refractivity contribution in [3.63, 3.8) is 0 Å². The number of nitriles is 1. The number of rotatable bonds is 5. The Bertz CT molecular complexity index is 784. The number of carbonyl (C=O) groups excluding carboxylic acids is 1. The first-order valence-electron chi connectivity index (χ1n) is 8.63. The molecule has 2 aromatic rings. The lowest BCUT2D eigenvalue weighted by Crippen LogP contribution is -2.42. The van der Waals surface area contributed by atoms with E-state index in [0.717, 1.165) is 43.9 Å². The second kappa shape index (κ2) is 7.53. The van der Waals surface area contributed by atoms with E-state index in [0.29, 0.717) is 18.2 Å². The Kier molecular flexibility index (Phi) is 5.19. The number of hydrogen-bond donors (Lipinski definition) is 1. The summed E-state index contributed by atoms with van der Waals surface area (Å²) in [6, 6.07) is 8.02. The Balaban J connectivity index is 1.63. The molecule has 1 amide bonds. The van der Waals surface area contributed by atoms with Gasteiger partial charge in [0.2, 0.25) is 5.91 Å². The zero-order valence-corrected chi connectivity index (χ0v) is 14.8. The van der Waals surface area contributed by atoms with E-state index in [1.54, 1.807) is 7.05 Å². The highest BCUT2D eigenvalue weighted by Crippen LogP contribution is 2.24. The van der Waals surface area contributed by atoms with Crippen LogP contribution in [0.2, 0.25) is 0 Å². The summed E-state index contributed by atoms with van der Waals surface area (Å²) in [5.74, 6) is 1.35. The molecule has 0 radical (unpaired) electrons. The largest absolute Gasteiger partial charge is 0.358 e. The molecule has 7 heteroatoms. The fraction of sp³-hybridized carbons (Fsp3) is 0.500. The third kappa shape index (κ3) is 3.74. The molecule has 25 heavy (non-hydrogen) atoms. The van der Waals surface area contributed by atoms with Gasteiger partial charge in [0.15, 0.2) is 11.5 Å². The summed E-state index contributed by atoms with van der Waals surface area (Å²) in [4.78, 5) is 20.4. The van der Waals surface area contributed by atoms with Crippen molar-refractivity contribution in [2.24, 2.45) is 5.92 Å². The molecule has 132 valence electrons. The maximum Gasteiger partial charge on any atom is 0.233 e. The first-order chi connectivity index (χ1) is 12.1. The third-order valence-corrected chi connectivity index (χ3v) is 4.86. The molecular formula is C18H24N6O. The molecule has 1 aliphatic heterocycles. The summed E-state index contributed by atoms with van der Waals surface area (Å²) < 4.78 is 1.83. The van der Waals surface area contributed by atoms with Crippen LogP contribution in [0.25, 0.3) is 5.65 Å². The van der Waals surface area contributed by atoms with Crippen LogP contribution in [0.5, 0.6) is 0 Å². The van der Waals surface area contributed by atoms with Crippen LogP contribution in [-0.4, -0.2) is 60.5 Å². The molecule has 2 aromatic heterocycles.